The summed E-state index contributed by atoms with van der Waals surface area (Å²) in [7, 11) is 0. The molecule has 5 heteroatoms. The van der Waals surface area contributed by atoms with Crippen LogP contribution >= 0.6 is 33.9 Å². The maximum absolute atomic E-state index is 11.3. The second-order valence-electron chi connectivity index (χ2n) is 4.70. The summed E-state index contributed by atoms with van der Waals surface area (Å²) in [4.78, 5) is 16.1. The molecule has 0 radical (unpaired) electrons. The number of carboxylic acid groups (broad SMARTS) is 1. The molecule has 100 valence electrons. The van der Waals surface area contributed by atoms with E-state index in [0.717, 1.165) is 14.1 Å². The fourth-order valence-corrected chi connectivity index (χ4v) is 3.06. The summed E-state index contributed by atoms with van der Waals surface area (Å²) in [6.45, 7) is 4.13. The Labute approximate surface area is 129 Å². The van der Waals surface area contributed by atoms with Crippen molar-refractivity contribution in [3.63, 3.8) is 0 Å². The number of aromatic carboxylic acids is 1. The van der Waals surface area contributed by atoms with Crippen molar-refractivity contribution in [2.24, 2.45) is 5.92 Å². The van der Waals surface area contributed by atoms with Crippen molar-refractivity contribution in [1.29, 1.82) is 0 Å². The highest BCUT2D eigenvalue weighted by Gasteiger charge is 2.18. The number of halogens is 1. The van der Waals surface area contributed by atoms with Crippen molar-refractivity contribution >= 4 is 39.9 Å². The zero-order chi connectivity index (χ0) is 14.0. The third kappa shape index (κ3) is 3.54. The minimum atomic E-state index is -0.884. The van der Waals surface area contributed by atoms with Gasteiger partial charge in [-0.05, 0) is 47.1 Å². The van der Waals surface area contributed by atoms with Crippen LogP contribution in [0.3, 0.4) is 0 Å². The molecule has 19 heavy (non-hydrogen) atoms. The molecule has 1 N–H and O–H groups in total. The van der Waals surface area contributed by atoms with E-state index < -0.39 is 5.97 Å². The van der Waals surface area contributed by atoms with Gasteiger partial charge in [-0.1, -0.05) is 26.0 Å². The number of aromatic nitrogens is 1. The highest BCUT2D eigenvalue weighted by atomic mass is 127. The third-order valence-corrected chi connectivity index (χ3v) is 4.44. The molecule has 0 unspecified atom stereocenters. The van der Waals surface area contributed by atoms with Gasteiger partial charge in [0, 0.05) is 9.13 Å². The number of hydrogen-bond acceptors (Lipinski definition) is 3. The zero-order valence-corrected chi connectivity index (χ0v) is 13.7. The van der Waals surface area contributed by atoms with Crippen molar-refractivity contribution < 1.29 is 9.90 Å². The van der Waals surface area contributed by atoms with E-state index in [1.54, 1.807) is 0 Å². The lowest BCUT2D eigenvalue weighted by molar-refractivity contribution is 0.0700. The van der Waals surface area contributed by atoms with Crippen LogP contribution in [0, 0.1) is 9.49 Å². The molecule has 1 aromatic carbocycles. The molecule has 0 fully saturated rings. The number of carbonyl (C=O) groups is 1. The first-order valence-corrected chi connectivity index (χ1v) is 7.86. The van der Waals surface area contributed by atoms with Gasteiger partial charge in [0.25, 0.3) is 0 Å². The first-order valence-electron chi connectivity index (χ1n) is 5.96. The highest BCUT2D eigenvalue weighted by Crippen LogP contribution is 2.29. The Kier molecular flexibility index (Phi) is 4.57. The number of carboxylic acids is 1. The summed E-state index contributed by atoms with van der Waals surface area (Å²) >= 11 is 3.50. The summed E-state index contributed by atoms with van der Waals surface area (Å²) in [6.07, 6.45) is 0.697. The Morgan fingerprint density at radius 1 is 1.37 bits per heavy atom. The molecular weight excluding hydrogens is 373 g/mol. The molecule has 0 aliphatic carbocycles. The monoisotopic (exact) mass is 387 g/mol. The summed E-state index contributed by atoms with van der Waals surface area (Å²) in [6, 6.07) is 7.95. The molecule has 1 heterocycles. The summed E-state index contributed by atoms with van der Waals surface area (Å²) in [5.41, 5.74) is 1.67. The molecule has 0 aliphatic heterocycles. The van der Waals surface area contributed by atoms with Gasteiger partial charge in [0.05, 0.1) is 5.69 Å². The van der Waals surface area contributed by atoms with E-state index in [0.29, 0.717) is 22.9 Å². The van der Waals surface area contributed by atoms with E-state index in [4.69, 9.17) is 0 Å². The van der Waals surface area contributed by atoms with Crippen molar-refractivity contribution in [2.75, 3.05) is 0 Å². The van der Waals surface area contributed by atoms with Gasteiger partial charge >= 0.3 is 5.97 Å². The normalized spacial score (nSPS) is 10.9. The van der Waals surface area contributed by atoms with E-state index in [1.807, 2.05) is 24.3 Å². The fraction of sp³-hybridized carbons (Fsp3) is 0.286. The van der Waals surface area contributed by atoms with E-state index in [9.17, 15) is 9.90 Å². The second kappa shape index (κ2) is 6.00. The number of thiazole rings is 1. The van der Waals surface area contributed by atoms with Gasteiger partial charge in [-0.2, -0.15) is 0 Å². The van der Waals surface area contributed by atoms with Gasteiger partial charge in [0.15, 0.2) is 0 Å². The topological polar surface area (TPSA) is 50.2 Å². The van der Waals surface area contributed by atoms with Gasteiger partial charge in [-0.25, -0.2) is 9.78 Å². The van der Waals surface area contributed by atoms with Gasteiger partial charge in [-0.15, -0.1) is 11.3 Å². The van der Waals surface area contributed by atoms with E-state index >= 15 is 0 Å². The largest absolute Gasteiger partial charge is 0.477 e. The lowest BCUT2D eigenvalue weighted by atomic mass is 10.1. The van der Waals surface area contributed by atoms with Crippen LogP contribution in [-0.2, 0) is 6.42 Å². The van der Waals surface area contributed by atoms with Crippen LogP contribution < -0.4 is 0 Å². The number of hydrogen-bond donors (Lipinski definition) is 1. The van der Waals surface area contributed by atoms with Crippen LogP contribution in [0.1, 0.15) is 29.2 Å². The predicted molar refractivity (Wildman–Crippen MR) is 85.8 cm³/mol. The van der Waals surface area contributed by atoms with Crippen LogP contribution in [0.5, 0.6) is 0 Å². The highest BCUT2D eigenvalue weighted by molar-refractivity contribution is 14.1. The number of benzene rings is 1. The molecule has 0 atom stereocenters. The average molecular weight is 387 g/mol. The van der Waals surface area contributed by atoms with Crippen LogP contribution in [0.2, 0.25) is 0 Å². The van der Waals surface area contributed by atoms with Gasteiger partial charge in [0.1, 0.15) is 9.88 Å². The SMILES string of the molecule is CC(C)Cc1nc(-c2ccc(I)cc2)sc1C(=O)O. The van der Waals surface area contributed by atoms with Crippen LogP contribution in [-0.4, -0.2) is 16.1 Å². The predicted octanol–water partition coefficient (Wildman–Crippen LogP) is 4.31. The third-order valence-electron chi connectivity index (χ3n) is 2.58. The standard InChI is InChI=1S/C14H14INO2S/c1-8(2)7-11-12(14(17)18)19-13(16-11)9-3-5-10(15)6-4-9/h3-6,8H,7H2,1-2H3,(H,17,18). The van der Waals surface area contributed by atoms with Crippen LogP contribution in [0.25, 0.3) is 10.6 Å². The van der Waals surface area contributed by atoms with Crippen molar-refractivity contribution in [3.05, 3.63) is 38.4 Å². The quantitative estimate of drug-likeness (QED) is 0.796. The Morgan fingerprint density at radius 3 is 2.53 bits per heavy atom. The Hall–Kier alpha value is -0.950. The lowest BCUT2D eigenvalue weighted by Crippen LogP contribution is -2.02. The molecule has 3 nitrogen and oxygen atoms in total. The Morgan fingerprint density at radius 2 is 2.00 bits per heavy atom. The van der Waals surface area contributed by atoms with Crippen LogP contribution in [0.15, 0.2) is 24.3 Å². The minimum Gasteiger partial charge on any atom is -0.477 e. The molecule has 0 amide bonds. The summed E-state index contributed by atoms with van der Waals surface area (Å²) in [5, 5.41) is 10.0. The van der Waals surface area contributed by atoms with Gasteiger partial charge < -0.3 is 5.11 Å². The van der Waals surface area contributed by atoms with E-state index in [-0.39, 0.29) is 0 Å². The summed E-state index contributed by atoms with van der Waals surface area (Å²) in [5.74, 6) is -0.491. The van der Waals surface area contributed by atoms with Crippen molar-refractivity contribution in [3.8, 4) is 10.6 Å². The second-order valence-corrected chi connectivity index (χ2v) is 6.95. The maximum Gasteiger partial charge on any atom is 0.347 e. The molecule has 0 bridgehead atoms. The Balaban J connectivity index is 2.42. The van der Waals surface area contributed by atoms with Crippen molar-refractivity contribution in [2.45, 2.75) is 20.3 Å². The molecule has 0 saturated carbocycles. The molecule has 0 aliphatic rings. The molecule has 2 aromatic rings. The molecular formula is C14H14INO2S. The van der Waals surface area contributed by atoms with E-state index in [2.05, 4.69) is 41.4 Å². The fourth-order valence-electron chi connectivity index (χ4n) is 1.76. The first kappa shape index (κ1) is 14.5. The maximum atomic E-state index is 11.3. The molecule has 1 aromatic heterocycles. The van der Waals surface area contributed by atoms with Gasteiger partial charge in [-0.3, -0.25) is 0 Å². The summed E-state index contributed by atoms with van der Waals surface area (Å²) < 4.78 is 1.15. The average Bonchev–Trinajstić information content (AvgIpc) is 2.73. The minimum absolute atomic E-state index is 0.363. The zero-order valence-electron chi connectivity index (χ0n) is 10.7. The Bertz CT molecular complexity index is 590. The number of rotatable bonds is 4. The van der Waals surface area contributed by atoms with Crippen LogP contribution in [0.4, 0.5) is 0 Å². The smallest absolute Gasteiger partial charge is 0.347 e. The van der Waals surface area contributed by atoms with Gasteiger partial charge in [0.2, 0.25) is 0 Å². The number of nitrogens with zero attached hydrogens (tertiary/aromatic N) is 1. The van der Waals surface area contributed by atoms with Crippen molar-refractivity contribution in [1.82, 2.24) is 4.98 Å². The first-order chi connectivity index (χ1) is 8.97. The molecule has 0 spiro atoms. The molecule has 0 saturated heterocycles. The lowest BCUT2D eigenvalue weighted by Gasteiger charge is -2.01. The molecule has 2 rings (SSSR count). The van der Waals surface area contributed by atoms with E-state index in [1.165, 1.54) is 11.3 Å².